The summed E-state index contributed by atoms with van der Waals surface area (Å²) in [6, 6.07) is 28.7. The van der Waals surface area contributed by atoms with Crippen molar-refractivity contribution in [3.8, 4) is 0 Å². The second-order valence-electron chi connectivity index (χ2n) is 8.28. The standard InChI is InChI=1S/C25H30NP/c1-19(2)22-17-12-18-23(24(22)26-25(3,4)5)27(20-13-8-6-9-14-20)21-15-10-7-11-16-21/h6-19,26H,1-5H3. The van der Waals surface area contributed by atoms with Gasteiger partial charge in [0.05, 0.1) is 0 Å². The van der Waals surface area contributed by atoms with E-state index in [1.165, 1.54) is 27.2 Å². The first-order chi connectivity index (χ1) is 12.9. The summed E-state index contributed by atoms with van der Waals surface area (Å²) in [4.78, 5) is 0. The fourth-order valence-electron chi connectivity index (χ4n) is 3.32. The number of hydrogen-bond donors (Lipinski definition) is 1. The lowest BCUT2D eigenvalue weighted by Crippen LogP contribution is -2.32. The van der Waals surface area contributed by atoms with Crippen molar-refractivity contribution in [2.24, 2.45) is 0 Å². The predicted octanol–water partition coefficient (Wildman–Crippen LogP) is 5.78. The number of hydrogen-bond acceptors (Lipinski definition) is 1. The first kappa shape index (κ1) is 19.6. The van der Waals surface area contributed by atoms with Crippen LogP contribution in [0, 0.1) is 0 Å². The predicted molar refractivity (Wildman–Crippen MR) is 123 cm³/mol. The van der Waals surface area contributed by atoms with E-state index in [4.69, 9.17) is 0 Å². The number of anilines is 1. The SMILES string of the molecule is CC(C)c1cccc(P(c2ccccc2)c2ccccc2)c1NC(C)(C)C. The molecule has 3 aromatic carbocycles. The maximum absolute atomic E-state index is 3.84. The number of benzene rings is 3. The summed E-state index contributed by atoms with van der Waals surface area (Å²) < 4.78 is 0. The molecule has 0 spiro atoms. The third-order valence-electron chi connectivity index (χ3n) is 4.47. The normalized spacial score (nSPS) is 11.8. The van der Waals surface area contributed by atoms with Crippen LogP contribution in [0.15, 0.2) is 78.9 Å². The Bertz CT molecular complexity index is 824. The molecular formula is C25H30NP. The zero-order valence-electron chi connectivity index (χ0n) is 17.0. The molecule has 0 saturated carbocycles. The molecule has 0 amide bonds. The summed E-state index contributed by atoms with van der Waals surface area (Å²) >= 11 is 0. The van der Waals surface area contributed by atoms with E-state index < -0.39 is 7.92 Å². The van der Waals surface area contributed by atoms with Gasteiger partial charge in [0.25, 0.3) is 0 Å². The van der Waals surface area contributed by atoms with Crippen molar-refractivity contribution in [2.45, 2.75) is 46.1 Å². The van der Waals surface area contributed by atoms with Gasteiger partial charge in [-0.1, -0.05) is 92.7 Å². The molecular weight excluding hydrogens is 345 g/mol. The van der Waals surface area contributed by atoms with Gasteiger partial charge in [-0.05, 0) is 50.8 Å². The quantitative estimate of drug-likeness (QED) is 0.558. The van der Waals surface area contributed by atoms with E-state index in [2.05, 4.69) is 119 Å². The molecule has 0 bridgehead atoms. The lowest BCUT2D eigenvalue weighted by atomic mass is 9.99. The van der Waals surface area contributed by atoms with Crippen molar-refractivity contribution in [3.05, 3.63) is 84.4 Å². The van der Waals surface area contributed by atoms with E-state index in [-0.39, 0.29) is 5.54 Å². The molecule has 0 aromatic heterocycles. The van der Waals surface area contributed by atoms with E-state index in [9.17, 15) is 0 Å². The van der Waals surface area contributed by atoms with Crippen LogP contribution in [0.25, 0.3) is 0 Å². The highest BCUT2D eigenvalue weighted by Crippen LogP contribution is 2.39. The molecule has 0 aliphatic carbocycles. The Morgan fingerprint density at radius 2 is 1.22 bits per heavy atom. The number of nitrogens with one attached hydrogen (secondary N) is 1. The summed E-state index contributed by atoms with van der Waals surface area (Å²) in [6.45, 7) is 11.3. The van der Waals surface area contributed by atoms with Crippen molar-refractivity contribution in [2.75, 3.05) is 5.32 Å². The van der Waals surface area contributed by atoms with Crippen LogP contribution in [0.2, 0.25) is 0 Å². The van der Waals surface area contributed by atoms with Crippen LogP contribution in [0.3, 0.4) is 0 Å². The molecule has 0 fully saturated rings. The lowest BCUT2D eigenvalue weighted by molar-refractivity contribution is 0.632. The van der Waals surface area contributed by atoms with E-state index in [1.807, 2.05) is 0 Å². The van der Waals surface area contributed by atoms with Crippen molar-refractivity contribution in [1.82, 2.24) is 0 Å². The van der Waals surface area contributed by atoms with Gasteiger partial charge in [-0.2, -0.15) is 0 Å². The molecule has 0 saturated heterocycles. The Hall–Kier alpha value is -2.11. The fourth-order valence-corrected chi connectivity index (χ4v) is 5.76. The Morgan fingerprint density at radius 3 is 1.67 bits per heavy atom. The molecule has 3 rings (SSSR count). The van der Waals surface area contributed by atoms with Crippen LogP contribution >= 0.6 is 7.92 Å². The average Bonchev–Trinajstić information content (AvgIpc) is 2.63. The largest absolute Gasteiger partial charge is 0.380 e. The van der Waals surface area contributed by atoms with Crippen molar-refractivity contribution in [3.63, 3.8) is 0 Å². The Morgan fingerprint density at radius 1 is 0.704 bits per heavy atom. The van der Waals surface area contributed by atoms with Crippen LogP contribution in [0.4, 0.5) is 5.69 Å². The summed E-state index contributed by atoms with van der Waals surface area (Å²) in [6.07, 6.45) is 0. The van der Waals surface area contributed by atoms with Crippen LogP contribution in [-0.2, 0) is 0 Å². The van der Waals surface area contributed by atoms with Crippen molar-refractivity contribution < 1.29 is 0 Å². The molecule has 0 aliphatic rings. The van der Waals surface area contributed by atoms with Crippen LogP contribution in [-0.4, -0.2) is 5.54 Å². The second kappa shape index (κ2) is 8.28. The molecule has 1 nitrogen and oxygen atoms in total. The third-order valence-corrected chi connectivity index (χ3v) is 6.95. The van der Waals surface area contributed by atoms with Gasteiger partial charge >= 0.3 is 0 Å². The monoisotopic (exact) mass is 375 g/mol. The van der Waals surface area contributed by atoms with Crippen LogP contribution in [0.1, 0.15) is 46.1 Å². The minimum Gasteiger partial charge on any atom is -0.380 e. The molecule has 0 aliphatic heterocycles. The smallest absolute Gasteiger partial charge is 0.0464 e. The first-order valence-corrected chi connectivity index (χ1v) is 11.0. The van der Waals surface area contributed by atoms with Crippen LogP contribution < -0.4 is 21.2 Å². The van der Waals surface area contributed by atoms with Gasteiger partial charge in [-0.25, -0.2) is 0 Å². The zero-order chi connectivity index (χ0) is 19.4. The molecule has 2 heteroatoms. The molecule has 1 N–H and O–H groups in total. The molecule has 140 valence electrons. The van der Waals surface area contributed by atoms with Crippen molar-refractivity contribution >= 4 is 29.5 Å². The molecule has 0 unspecified atom stereocenters. The van der Waals surface area contributed by atoms with E-state index in [0.717, 1.165) is 0 Å². The van der Waals surface area contributed by atoms with E-state index in [1.54, 1.807) is 0 Å². The highest BCUT2D eigenvalue weighted by atomic mass is 31.1. The minimum absolute atomic E-state index is 0.00806. The van der Waals surface area contributed by atoms with Gasteiger partial charge in [0.1, 0.15) is 0 Å². The Labute approximate surface area is 165 Å². The fraction of sp³-hybridized carbons (Fsp3) is 0.280. The van der Waals surface area contributed by atoms with Crippen molar-refractivity contribution in [1.29, 1.82) is 0 Å². The second-order valence-corrected chi connectivity index (χ2v) is 10.5. The van der Waals surface area contributed by atoms with Crippen LogP contribution in [0.5, 0.6) is 0 Å². The lowest BCUT2D eigenvalue weighted by Gasteiger charge is -2.30. The summed E-state index contributed by atoms with van der Waals surface area (Å²) in [5.74, 6) is 0.471. The molecule has 3 aromatic rings. The van der Waals surface area contributed by atoms with E-state index in [0.29, 0.717) is 5.92 Å². The number of para-hydroxylation sites is 1. The summed E-state index contributed by atoms with van der Waals surface area (Å²) in [7, 11) is -0.623. The van der Waals surface area contributed by atoms with Gasteiger partial charge in [0.15, 0.2) is 0 Å². The minimum atomic E-state index is -0.623. The number of rotatable bonds is 5. The zero-order valence-corrected chi connectivity index (χ0v) is 17.9. The molecule has 0 atom stereocenters. The van der Waals surface area contributed by atoms with Gasteiger partial charge in [-0.15, -0.1) is 0 Å². The summed E-state index contributed by atoms with van der Waals surface area (Å²) in [5.41, 5.74) is 2.70. The Kier molecular flexibility index (Phi) is 6.02. The van der Waals surface area contributed by atoms with Gasteiger partial charge in [0, 0.05) is 16.5 Å². The van der Waals surface area contributed by atoms with E-state index >= 15 is 0 Å². The first-order valence-electron chi connectivity index (χ1n) is 9.68. The average molecular weight is 375 g/mol. The molecule has 0 radical (unpaired) electrons. The highest BCUT2D eigenvalue weighted by molar-refractivity contribution is 7.80. The summed E-state index contributed by atoms with van der Waals surface area (Å²) in [5, 5.41) is 8.01. The van der Waals surface area contributed by atoms with Gasteiger partial charge in [0.2, 0.25) is 0 Å². The Balaban J connectivity index is 2.25. The van der Waals surface area contributed by atoms with Gasteiger partial charge < -0.3 is 5.32 Å². The molecule has 27 heavy (non-hydrogen) atoms. The maximum atomic E-state index is 3.84. The van der Waals surface area contributed by atoms with Gasteiger partial charge in [-0.3, -0.25) is 0 Å². The third kappa shape index (κ3) is 4.79. The maximum Gasteiger partial charge on any atom is 0.0464 e. The molecule has 0 heterocycles. The highest BCUT2D eigenvalue weighted by Gasteiger charge is 2.24. The topological polar surface area (TPSA) is 12.0 Å².